The Morgan fingerprint density at radius 1 is 1.48 bits per heavy atom. The summed E-state index contributed by atoms with van der Waals surface area (Å²) in [5, 5.41) is 32.3. The van der Waals surface area contributed by atoms with Crippen LogP contribution in [0.4, 0.5) is 30.6 Å². The highest BCUT2D eigenvalue weighted by molar-refractivity contribution is 5.58. The molecule has 0 spiro atoms. The molecule has 1 fully saturated rings. The molecule has 1 aromatic heterocycles. The van der Waals surface area contributed by atoms with Gasteiger partial charge in [0, 0.05) is 19.1 Å². The lowest BCUT2D eigenvalue weighted by atomic mass is 10.3. The molecule has 2 rings (SSSR count). The van der Waals surface area contributed by atoms with Crippen molar-refractivity contribution in [2.24, 2.45) is 0 Å². The molecule has 3 N–H and O–H groups in total. The predicted molar refractivity (Wildman–Crippen MR) is 81.3 cm³/mol. The van der Waals surface area contributed by atoms with E-state index < -0.39 is 36.8 Å². The van der Waals surface area contributed by atoms with Crippen LogP contribution in [0.5, 0.6) is 0 Å². The number of nitrogens with zero attached hydrogens (tertiary/aromatic N) is 4. The lowest BCUT2D eigenvalue weighted by Gasteiger charge is -2.25. The van der Waals surface area contributed by atoms with Crippen LogP contribution in [0, 0.1) is 10.1 Å². The molecule has 1 saturated carbocycles. The van der Waals surface area contributed by atoms with Crippen LogP contribution >= 0.6 is 0 Å². The molecule has 1 aliphatic carbocycles. The van der Waals surface area contributed by atoms with E-state index in [2.05, 4.69) is 15.3 Å². The molecule has 9 nitrogen and oxygen atoms in total. The number of nitro groups is 1. The van der Waals surface area contributed by atoms with Gasteiger partial charge in [0.2, 0.25) is 11.8 Å². The van der Waals surface area contributed by atoms with Crippen molar-refractivity contribution in [3.05, 3.63) is 16.3 Å². The Bertz CT molecular complexity index is 612. The van der Waals surface area contributed by atoms with Crippen LogP contribution in [-0.2, 0) is 0 Å². The summed E-state index contributed by atoms with van der Waals surface area (Å²) >= 11 is 0. The van der Waals surface area contributed by atoms with Crippen LogP contribution in [0.3, 0.4) is 0 Å². The lowest BCUT2D eigenvalue weighted by Crippen LogP contribution is -2.37. The molecule has 1 atom stereocenters. The summed E-state index contributed by atoms with van der Waals surface area (Å²) in [6.45, 7) is -1.54. The summed E-state index contributed by atoms with van der Waals surface area (Å²) in [6.07, 6.45) is -4.37. The van der Waals surface area contributed by atoms with Crippen LogP contribution < -0.4 is 10.2 Å². The van der Waals surface area contributed by atoms with Gasteiger partial charge < -0.3 is 20.4 Å². The summed E-state index contributed by atoms with van der Waals surface area (Å²) in [5.41, 5.74) is -0.380. The number of hydrogen-bond donors (Lipinski definition) is 3. The van der Waals surface area contributed by atoms with E-state index in [4.69, 9.17) is 5.11 Å². The van der Waals surface area contributed by atoms with Crippen LogP contribution in [0.1, 0.15) is 19.3 Å². The topological polar surface area (TPSA) is 125 Å². The number of aliphatic hydroxyl groups is 2. The summed E-state index contributed by atoms with van der Waals surface area (Å²) < 4.78 is 37.5. The minimum absolute atomic E-state index is 0.0353. The molecular weight excluding hydrogens is 347 g/mol. The molecule has 12 heteroatoms. The van der Waals surface area contributed by atoms with Crippen molar-refractivity contribution in [2.45, 2.75) is 37.6 Å². The zero-order chi connectivity index (χ0) is 18.6. The molecule has 140 valence electrons. The smallest absolute Gasteiger partial charge is 0.390 e. The number of aromatic nitrogens is 2. The Hall–Kier alpha value is -2.21. The van der Waals surface area contributed by atoms with Crippen LogP contribution in [0.25, 0.3) is 0 Å². The zero-order valence-corrected chi connectivity index (χ0v) is 13.1. The highest BCUT2D eigenvalue weighted by Crippen LogP contribution is 2.30. The Morgan fingerprint density at radius 3 is 2.68 bits per heavy atom. The second-order valence-corrected chi connectivity index (χ2v) is 5.73. The third-order valence-electron chi connectivity index (χ3n) is 3.46. The highest BCUT2D eigenvalue weighted by Gasteiger charge is 2.31. The summed E-state index contributed by atoms with van der Waals surface area (Å²) in [6, 6.07) is 0.0353. The van der Waals surface area contributed by atoms with Gasteiger partial charge in [-0.05, 0) is 12.8 Å². The second kappa shape index (κ2) is 7.78. The predicted octanol–water partition coefficient (Wildman–Crippen LogP) is 1.07. The van der Waals surface area contributed by atoms with E-state index in [0.29, 0.717) is 0 Å². The van der Waals surface area contributed by atoms with Gasteiger partial charge in [0.1, 0.15) is 6.20 Å². The standard InChI is InChI=1S/C13H18F3N5O4/c14-13(15,16)3-4-20(6-9(23)7-22)12-17-5-10(21(24)25)11(19-12)18-8-1-2-8/h5,8-9,22-23H,1-4,6-7H2,(H,17,18,19)/t9-/m0/s1. The fourth-order valence-electron chi connectivity index (χ4n) is 2.03. The fourth-order valence-corrected chi connectivity index (χ4v) is 2.03. The molecule has 0 amide bonds. The first-order valence-electron chi connectivity index (χ1n) is 7.58. The molecule has 0 aromatic carbocycles. The van der Waals surface area contributed by atoms with Gasteiger partial charge in [-0.25, -0.2) is 4.98 Å². The van der Waals surface area contributed by atoms with Crippen molar-refractivity contribution in [2.75, 3.05) is 29.9 Å². The monoisotopic (exact) mass is 365 g/mol. The van der Waals surface area contributed by atoms with Gasteiger partial charge in [0.15, 0.2) is 0 Å². The molecule has 1 aliphatic rings. The largest absolute Gasteiger partial charge is 0.394 e. The SMILES string of the molecule is O=[N+]([O-])c1cnc(N(CCC(F)(F)F)C[C@H](O)CO)nc1NC1CC1. The average Bonchev–Trinajstić information content (AvgIpc) is 3.33. The van der Waals surface area contributed by atoms with E-state index in [1.54, 1.807) is 0 Å². The van der Waals surface area contributed by atoms with E-state index in [9.17, 15) is 28.4 Å². The van der Waals surface area contributed by atoms with Crippen LogP contribution in [0.2, 0.25) is 0 Å². The van der Waals surface area contributed by atoms with Crippen molar-refractivity contribution in [1.29, 1.82) is 0 Å². The third kappa shape index (κ3) is 5.98. The van der Waals surface area contributed by atoms with E-state index >= 15 is 0 Å². The van der Waals surface area contributed by atoms with Gasteiger partial charge in [-0.3, -0.25) is 10.1 Å². The number of anilines is 2. The third-order valence-corrected chi connectivity index (χ3v) is 3.46. The van der Waals surface area contributed by atoms with E-state index in [1.165, 1.54) is 0 Å². The first kappa shape index (κ1) is 19.1. The second-order valence-electron chi connectivity index (χ2n) is 5.73. The van der Waals surface area contributed by atoms with Gasteiger partial charge in [0.05, 0.1) is 24.1 Å². The minimum atomic E-state index is -4.43. The number of hydrogen-bond acceptors (Lipinski definition) is 8. The van der Waals surface area contributed by atoms with Crippen molar-refractivity contribution in [3.63, 3.8) is 0 Å². The quantitative estimate of drug-likeness (QED) is 0.438. The summed E-state index contributed by atoms with van der Waals surface area (Å²) in [4.78, 5) is 19.1. The molecule has 0 unspecified atom stereocenters. The number of halogens is 3. The van der Waals surface area contributed by atoms with Gasteiger partial charge in [0.25, 0.3) is 0 Å². The molecule has 1 aromatic rings. The van der Waals surface area contributed by atoms with Crippen molar-refractivity contribution < 1.29 is 28.3 Å². The van der Waals surface area contributed by atoms with Gasteiger partial charge >= 0.3 is 11.9 Å². The van der Waals surface area contributed by atoms with Crippen LogP contribution in [0.15, 0.2) is 6.20 Å². The van der Waals surface area contributed by atoms with E-state index in [-0.39, 0.29) is 30.0 Å². The van der Waals surface area contributed by atoms with E-state index in [1.807, 2.05) is 0 Å². The lowest BCUT2D eigenvalue weighted by molar-refractivity contribution is -0.384. The van der Waals surface area contributed by atoms with Crippen molar-refractivity contribution >= 4 is 17.5 Å². The Morgan fingerprint density at radius 2 is 2.16 bits per heavy atom. The molecule has 0 saturated heterocycles. The summed E-state index contributed by atoms with van der Waals surface area (Å²) in [7, 11) is 0. The number of nitrogens with one attached hydrogen (secondary N) is 1. The Kier molecular flexibility index (Phi) is 5.95. The first-order chi connectivity index (χ1) is 11.7. The van der Waals surface area contributed by atoms with Gasteiger partial charge in [-0.15, -0.1) is 0 Å². The molecular formula is C13H18F3N5O4. The average molecular weight is 365 g/mol. The van der Waals surface area contributed by atoms with Crippen molar-refractivity contribution in [3.8, 4) is 0 Å². The number of aliphatic hydroxyl groups excluding tert-OH is 2. The molecule has 25 heavy (non-hydrogen) atoms. The Labute approximate surface area is 140 Å². The molecule has 0 bridgehead atoms. The maximum absolute atomic E-state index is 12.5. The normalized spacial score (nSPS) is 15.7. The van der Waals surface area contributed by atoms with Gasteiger partial charge in [-0.2, -0.15) is 18.2 Å². The summed E-state index contributed by atoms with van der Waals surface area (Å²) in [5.74, 6) is -0.265. The van der Waals surface area contributed by atoms with E-state index in [0.717, 1.165) is 23.9 Å². The molecule has 0 aliphatic heterocycles. The minimum Gasteiger partial charge on any atom is -0.394 e. The Balaban J connectivity index is 2.25. The van der Waals surface area contributed by atoms with Gasteiger partial charge in [-0.1, -0.05) is 0 Å². The van der Waals surface area contributed by atoms with Crippen LogP contribution in [-0.4, -0.2) is 63.1 Å². The molecule has 0 radical (unpaired) electrons. The number of alkyl halides is 3. The zero-order valence-electron chi connectivity index (χ0n) is 13.1. The maximum Gasteiger partial charge on any atom is 0.390 e. The molecule has 1 heterocycles. The highest BCUT2D eigenvalue weighted by atomic mass is 19.4. The maximum atomic E-state index is 12.5. The number of rotatable bonds is 9. The fraction of sp³-hybridized carbons (Fsp3) is 0.692. The first-order valence-corrected chi connectivity index (χ1v) is 7.58. The van der Waals surface area contributed by atoms with Crippen molar-refractivity contribution in [1.82, 2.24) is 9.97 Å².